The Balaban J connectivity index is 1.33. The zero-order chi connectivity index (χ0) is 50.4. The van der Waals surface area contributed by atoms with E-state index < -0.39 is 6.85 Å². The number of hydrogen-bond donors (Lipinski definition) is 0. The SMILES string of the molecule is [2H]C([2H])([2H])c1cc2c3c(c1)N(c1ccc(C(C)(C)C)cc1-c1ccccc1)c1cc4c(cc1B3c1cc3c(cc1N2c1cc2c(cc1C)C(C)(C)CC2(C)C)C(C)(C)CC3(C)C)C(C)(C)CCC4(C)C. The van der Waals surface area contributed by atoms with Crippen molar-refractivity contribution in [1.82, 2.24) is 0 Å². The molecule has 344 valence electrons. The van der Waals surface area contributed by atoms with Crippen molar-refractivity contribution in [2.45, 2.75) is 181 Å². The van der Waals surface area contributed by atoms with E-state index >= 15 is 0 Å². The minimum absolute atomic E-state index is 0.0297. The molecule has 0 amide bonds. The quantitative estimate of drug-likeness (QED) is 0.163. The average molecular weight is 886 g/mol. The Labute approximate surface area is 408 Å². The number of hydrogen-bond acceptors (Lipinski definition) is 2. The van der Waals surface area contributed by atoms with Crippen LogP contribution in [0.5, 0.6) is 0 Å². The van der Waals surface area contributed by atoms with Crippen LogP contribution in [0.4, 0.5) is 34.1 Å². The molecule has 2 aliphatic heterocycles. The van der Waals surface area contributed by atoms with Crippen molar-refractivity contribution in [1.29, 1.82) is 0 Å². The molecule has 0 atom stereocenters. The molecule has 0 aromatic heterocycles. The van der Waals surface area contributed by atoms with Gasteiger partial charge in [0.05, 0.1) is 5.69 Å². The van der Waals surface area contributed by atoms with Crippen LogP contribution in [-0.4, -0.2) is 6.71 Å². The van der Waals surface area contributed by atoms with Crippen LogP contribution in [0.15, 0.2) is 97.1 Å². The van der Waals surface area contributed by atoms with Crippen molar-refractivity contribution in [2.75, 3.05) is 9.80 Å². The molecule has 2 nitrogen and oxygen atoms in total. The van der Waals surface area contributed by atoms with Gasteiger partial charge in [-0.15, -0.1) is 0 Å². The molecule has 0 fully saturated rings. The number of nitrogens with zero attached hydrogens (tertiary/aromatic N) is 2. The maximum atomic E-state index is 9.29. The van der Waals surface area contributed by atoms with Gasteiger partial charge in [0.2, 0.25) is 0 Å². The Morgan fingerprint density at radius 1 is 0.478 bits per heavy atom. The van der Waals surface area contributed by atoms with Crippen molar-refractivity contribution in [3.05, 3.63) is 147 Å². The van der Waals surface area contributed by atoms with Gasteiger partial charge in [0.1, 0.15) is 0 Å². The second-order valence-corrected chi connectivity index (χ2v) is 26.6. The molecule has 0 saturated heterocycles. The number of benzene rings is 6. The first-order chi connectivity index (χ1) is 32.3. The third-order valence-electron chi connectivity index (χ3n) is 17.6. The van der Waals surface area contributed by atoms with Crippen LogP contribution in [0.2, 0.25) is 0 Å². The molecule has 0 unspecified atom stereocenters. The molecule has 11 rings (SSSR count). The highest BCUT2D eigenvalue weighted by Crippen LogP contribution is 2.57. The van der Waals surface area contributed by atoms with E-state index in [1.165, 1.54) is 66.6 Å². The van der Waals surface area contributed by atoms with E-state index in [4.69, 9.17) is 0 Å². The van der Waals surface area contributed by atoms with Gasteiger partial charge in [-0.05, 0) is 192 Å². The van der Waals surface area contributed by atoms with Crippen molar-refractivity contribution in [3.8, 4) is 11.1 Å². The third kappa shape index (κ3) is 6.48. The van der Waals surface area contributed by atoms with E-state index in [2.05, 4.69) is 212 Å². The molecule has 0 radical (unpaired) electrons. The number of aryl methyl sites for hydroxylation is 2. The van der Waals surface area contributed by atoms with E-state index in [0.29, 0.717) is 5.56 Å². The normalized spacial score (nSPS) is 21.3. The minimum Gasteiger partial charge on any atom is -0.311 e. The Hall–Kier alpha value is -5.02. The van der Waals surface area contributed by atoms with Gasteiger partial charge >= 0.3 is 0 Å². The lowest BCUT2D eigenvalue weighted by Gasteiger charge is -2.48. The fourth-order valence-electron chi connectivity index (χ4n) is 14.4. The number of fused-ring (bicyclic) bond motifs is 7. The fourth-order valence-corrected chi connectivity index (χ4v) is 14.4. The first kappa shape index (κ1) is 41.0. The van der Waals surface area contributed by atoms with Crippen LogP contribution in [0, 0.1) is 13.8 Å². The highest BCUT2D eigenvalue weighted by atomic mass is 15.2. The molecule has 6 aromatic carbocycles. The predicted molar refractivity (Wildman–Crippen MR) is 291 cm³/mol. The van der Waals surface area contributed by atoms with Gasteiger partial charge in [-0.25, -0.2) is 0 Å². The second kappa shape index (κ2) is 13.8. The van der Waals surface area contributed by atoms with E-state index in [9.17, 15) is 4.11 Å². The lowest BCUT2D eigenvalue weighted by Crippen LogP contribution is -2.62. The summed E-state index contributed by atoms with van der Waals surface area (Å²) in [6.07, 6.45) is 4.33. The van der Waals surface area contributed by atoms with Crippen LogP contribution in [-0.2, 0) is 37.9 Å². The van der Waals surface area contributed by atoms with Crippen LogP contribution in [0.3, 0.4) is 0 Å². The first-order valence-electron chi connectivity index (χ1n) is 26.8. The predicted octanol–water partition coefficient (Wildman–Crippen LogP) is 15.6. The standard InChI is InChI=1S/C64H75BN2/c1-38-27-55-57-56(28-38)67(52-33-47-43(29-39(52)2)61(10,11)36-63(47,14)15)54-35-48-45(62(12,13)37-64(48,16)17)32-50(54)65(57)49-31-44-46(60(8,9)26-25-59(44,6)7)34-53(49)66(55)51-24-23-41(58(3,4)5)30-42(51)40-21-19-18-20-22-40/h18-24,27-35H,25-26,36-37H2,1-17H3/i1D3. The van der Waals surface area contributed by atoms with Crippen LogP contribution in [0.25, 0.3) is 11.1 Å². The van der Waals surface area contributed by atoms with Gasteiger partial charge in [-0.1, -0.05) is 158 Å². The first-order valence-corrected chi connectivity index (χ1v) is 25.3. The molecular formula is C64H75BN2. The summed E-state index contributed by atoms with van der Waals surface area (Å²) in [6, 6.07) is 37.2. The number of anilines is 6. The topological polar surface area (TPSA) is 6.48 Å². The summed E-state index contributed by atoms with van der Waals surface area (Å²) >= 11 is 0. The summed E-state index contributed by atoms with van der Waals surface area (Å²) < 4.78 is 27.9. The summed E-state index contributed by atoms with van der Waals surface area (Å²) in [5.74, 6) is 0. The van der Waals surface area contributed by atoms with Crippen molar-refractivity contribution in [2.24, 2.45) is 0 Å². The van der Waals surface area contributed by atoms with Crippen LogP contribution >= 0.6 is 0 Å². The van der Waals surface area contributed by atoms with Crippen LogP contribution < -0.4 is 26.2 Å². The lowest BCUT2D eigenvalue weighted by atomic mass is 9.32. The molecule has 67 heavy (non-hydrogen) atoms. The van der Waals surface area contributed by atoms with Gasteiger partial charge in [0, 0.05) is 38.1 Å². The fraction of sp³-hybridized carbons (Fsp3) is 0.438. The molecule has 0 saturated carbocycles. The van der Waals surface area contributed by atoms with Gasteiger partial charge in [0.25, 0.3) is 6.71 Å². The molecule has 3 aliphatic carbocycles. The molecule has 6 aromatic rings. The van der Waals surface area contributed by atoms with Gasteiger partial charge in [0.15, 0.2) is 0 Å². The Morgan fingerprint density at radius 2 is 0.925 bits per heavy atom. The molecule has 2 heterocycles. The van der Waals surface area contributed by atoms with Gasteiger partial charge in [-0.2, -0.15) is 0 Å². The summed E-state index contributed by atoms with van der Waals surface area (Å²) in [6.45, 7) is 35.7. The zero-order valence-electron chi connectivity index (χ0n) is 46.5. The average Bonchev–Trinajstić information content (AvgIpc) is 3.56. The molecule has 3 heteroatoms. The highest BCUT2D eigenvalue weighted by Gasteiger charge is 2.51. The minimum atomic E-state index is -2.37. The molecule has 0 bridgehead atoms. The van der Waals surface area contributed by atoms with Gasteiger partial charge in [-0.3, -0.25) is 0 Å². The van der Waals surface area contributed by atoms with Crippen molar-refractivity contribution in [3.63, 3.8) is 0 Å². The molecule has 0 N–H and O–H groups in total. The molecular weight excluding hydrogens is 808 g/mol. The third-order valence-corrected chi connectivity index (χ3v) is 17.6. The van der Waals surface area contributed by atoms with E-state index in [1.54, 1.807) is 0 Å². The van der Waals surface area contributed by atoms with E-state index in [0.717, 1.165) is 65.2 Å². The van der Waals surface area contributed by atoms with Crippen molar-refractivity contribution < 1.29 is 4.11 Å². The lowest BCUT2D eigenvalue weighted by molar-refractivity contribution is 0.332. The largest absolute Gasteiger partial charge is 0.311 e. The Bertz CT molecular complexity index is 3210. The van der Waals surface area contributed by atoms with Gasteiger partial charge < -0.3 is 9.80 Å². The zero-order valence-corrected chi connectivity index (χ0v) is 43.5. The van der Waals surface area contributed by atoms with Crippen molar-refractivity contribution >= 4 is 57.2 Å². The summed E-state index contributed by atoms with van der Waals surface area (Å²) in [7, 11) is 0. The number of rotatable bonds is 3. The van der Waals surface area contributed by atoms with Crippen LogP contribution in [0.1, 0.15) is 184 Å². The highest BCUT2D eigenvalue weighted by molar-refractivity contribution is 7.00. The second-order valence-electron chi connectivity index (χ2n) is 26.6. The Kier molecular flexibility index (Phi) is 8.46. The van der Waals surface area contributed by atoms with E-state index in [1.807, 2.05) is 6.07 Å². The van der Waals surface area contributed by atoms with E-state index in [-0.39, 0.29) is 44.6 Å². The Morgan fingerprint density at radius 3 is 1.43 bits per heavy atom. The summed E-state index contributed by atoms with van der Waals surface area (Å²) in [4.78, 5) is 5.02. The molecule has 0 spiro atoms. The maximum absolute atomic E-state index is 9.29. The smallest absolute Gasteiger partial charge is 0.252 e. The maximum Gasteiger partial charge on any atom is 0.252 e. The summed E-state index contributed by atoms with van der Waals surface area (Å²) in [5, 5.41) is 0. The molecule has 5 aliphatic rings. The summed E-state index contributed by atoms with van der Waals surface area (Å²) in [5.41, 5.74) is 23.5. The monoisotopic (exact) mass is 886 g/mol.